The van der Waals surface area contributed by atoms with E-state index in [1.54, 1.807) is 11.3 Å². The van der Waals surface area contributed by atoms with Crippen LogP contribution in [0.5, 0.6) is 0 Å². The van der Waals surface area contributed by atoms with E-state index in [0.717, 1.165) is 39.3 Å². The molecule has 0 bridgehead atoms. The molecule has 3 aromatic rings. The number of nitrogens with one attached hydrogen (secondary N) is 1. The number of aromatic nitrogens is 3. The van der Waals surface area contributed by atoms with E-state index < -0.39 is 18.6 Å². The Kier molecular flexibility index (Phi) is 6.71. The molecule has 1 fully saturated rings. The molecule has 2 aromatic heterocycles. The minimum absolute atomic E-state index is 0.257. The number of anilines is 2. The number of benzene rings is 1. The second kappa shape index (κ2) is 9.50. The summed E-state index contributed by atoms with van der Waals surface area (Å²) in [6, 6.07) is 8.02. The van der Waals surface area contributed by atoms with Gasteiger partial charge in [-0.25, -0.2) is 9.97 Å². The van der Waals surface area contributed by atoms with Gasteiger partial charge in [0.25, 0.3) is 0 Å². The molecule has 1 aliphatic rings. The molecule has 2 atom stereocenters. The second-order valence-corrected chi connectivity index (χ2v) is 9.44. The molecule has 32 heavy (non-hydrogen) atoms. The maximum atomic E-state index is 9.97. The number of hydrogen-bond acceptors (Lipinski definition) is 9. The van der Waals surface area contributed by atoms with Gasteiger partial charge in [0, 0.05) is 38.2 Å². The lowest BCUT2D eigenvalue weighted by molar-refractivity contribution is 0.0230. The first-order chi connectivity index (χ1) is 15.4. The first-order valence-corrected chi connectivity index (χ1v) is 11.5. The van der Waals surface area contributed by atoms with Crippen LogP contribution in [0.15, 0.2) is 36.5 Å². The van der Waals surface area contributed by atoms with Crippen molar-refractivity contribution in [2.45, 2.75) is 31.3 Å². The Morgan fingerprint density at radius 3 is 2.56 bits per heavy atom. The average Bonchev–Trinajstić information content (AvgIpc) is 3.54. The monoisotopic (exact) mass is 455 g/mol. The number of rotatable bonds is 10. The standard InChI is InChI=1S/C23H29N5O3S/c1-13(10-15(11-29)17(31)12-30)24-21-19(22-25-16-6-4-5-7-18(16)32-22)20(14-8-9-14)26-23(27-21)28(2)3/h4-7,14-15,17,29-31H,1,8-12H2,2-3H3,(H,24,26,27)/t15-,17+/m1/s1. The van der Waals surface area contributed by atoms with E-state index in [4.69, 9.17) is 15.0 Å². The minimum atomic E-state index is -1.02. The predicted octanol–water partition coefficient (Wildman–Crippen LogP) is 2.97. The number of thiazole rings is 1. The number of aliphatic hydroxyl groups excluding tert-OH is 3. The van der Waals surface area contributed by atoms with Gasteiger partial charge in [0.1, 0.15) is 10.8 Å². The van der Waals surface area contributed by atoms with Crippen molar-refractivity contribution >= 4 is 33.3 Å². The molecule has 4 N–H and O–H groups in total. The largest absolute Gasteiger partial charge is 0.396 e. The Morgan fingerprint density at radius 1 is 1.19 bits per heavy atom. The van der Waals surface area contributed by atoms with Crippen LogP contribution in [0.4, 0.5) is 11.8 Å². The SMILES string of the molecule is C=C(C[C@H](CO)[C@@H](O)CO)Nc1nc(N(C)C)nc(C2CC2)c1-c1nc2ccccc2s1. The summed E-state index contributed by atoms with van der Waals surface area (Å²) in [5, 5.41) is 33.0. The highest BCUT2D eigenvalue weighted by molar-refractivity contribution is 7.21. The molecular formula is C23H29N5O3S. The molecule has 0 radical (unpaired) electrons. The normalized spacial score (nSPS) is 15.5. The number of para-hydroxylation sites is 1. The smallest absolute Gasteiger partial charge is 0.227 e. The van der Waals surface area contributed by atoms with Crippen molar-refractivity contribution < 1.29 is 15.3 Å². The average molecular weight is 456 g/mol. The minimum Gasteiger partial charge on any atom is -0.396 e. The molecule has 8 nitrogen and oxygen atoms in total. The van der Waals surface area contributed by atoms with E-state index >= 15 is 0 Å². The van der Waals surface area contributed by atoms with Crippen molar-refractivity contribution in [3.63, 3.8) is 0 Å². The van der Waals surface area contributed by atoms with Crippen molar-refractivity contribution in [3.8, 4) is 10.6 Å². The Hall–Kier alpha value is -2.59. The number of allylic oxidation sites excluding steroid dienone is 1. The van der Waals surface area contributed by atoms with Crippen molar-refractivity contribution in [1.82, 2.24) is 15.0 Å². The summed E-state index contributed by atoms with van der Waals surface area (Å²) in [6.45, 7) is 3.42. The van der Waals surface area contributed by atoms with Gasteiger partial charge in [-0.3, -0.25) is 0 Å². The van der Waals surface area contributed by atoms with Gasteiger partial charge in [0.2, 0.25) is 5.95 Å². The summed E-state index contributed by atoms with van der Waals surface area (Å²) in [5.41, 5.74) is 3.38. The zero-order valence-corrected chi connectivity index (χ0v) is 19.1. The number of fused-ring (bicyclic) bond motifs is 1. The Balaban J connectivity index is 1.76. The topological polar surface area (TPSA) is 115 Å². The summed E-state index contributed by atoms with van der Waals surface area (Å²) >= 11 is 1.60. The molecular weight excluding hydrogens is 426 g/mol. The summed E-state index contributed by atoms with van der Waals surface area (Å²) in [4.78, 5) is 16.4. The van der Waals surface area contributed by atoms with Crippen molar-refractivity contribution in [2.75, 3.05) is 37.5 Å². The third-order valence-electron chi connectivity index (χ3n) is 5.57. The summed E-state index contributed by atoms with van der Waals surface area (Å²) in [5.74, 6) is 1.06. The van der Waals surface area contributed by atoms with Crippen LogP contribution in [-0.4, -0.2) is 63.7 Å². The van der Waals surface area contributed by atoms with Gasteiger partial charge in [0.15, 0.2) is 0 Å². The third kappa shape index (κ3) is 4.75. The van der Waals surface area contributed by atoms with Crippen LogP contribution in [0.25, 0.3) is 20.8 Å². The molecule has 0 saturated heterocycles. The van der Waals surface area contributed by atoms with Gasteiger partial charge in [-0.15, -0.1) is 11.3 Å². The molecule has 0 amide bonds. The van der Waals surface area contributed by atoms with E-state index in [0.29, 0.717) is 23.4 Å². The molecule has 0 spiro atoms. The van der Waals surface area contributed by atoms with E-state index in [1.807, 2.05) is 37.2 Å². The maximum Gasteiger partial charge on any atom is 0.227 e. The molecule has 4 rings (SSSR count). The van der Waals surface area contributed by atoms with Crippen LogP contribution in [0.3, 0.4) is 0 Å². The first kappa shape index (κ1) is 22.6. The molecule has 2 heterocycles. The molecule has 0 unspecified atom stereocenters. The summed E-state index contributed by atoms with van der Waals surface area (Å²) in [7, 11) is 3.81. The lowest BCUT2D eigenvalue weighted by Gasteiger charge is -2.22. The van der Waals surface area contributed by atoms with Crippen molar-refractivity contribution in [1.29, 1.82) is 0 Å². The van der Waals surface area contributed by atoms with Crippen LogP contribution in [-0.2, 0) is 0 Å². The highest BCUT2D eigenvalue weighted by Gasteiger charge is 2.32. The fourth-order valence-corrected chi connectivity index (χ4v) is 4.63. The molecule has 9 heteroatoms. The van der Waals surface area contributed by atoms with Crippen molar-refractivity contribution in [3.05, 3.63) is 42.2 Å². The Bertz CT molecular complexity index is 1080. The van der Waals surface area contributed by atoms with Gasteiger partial charge in [-0.1, -0.05) is 18.7 Å². The Morgan fingerprint density at radius 2 is 1.94 bits per heavy atom. The highest BCUT2D eigenvalue weighted by atomic mass is 32.1. The number of nitrogens with zero attached hydrogens (tertiary/aromatic N) is 4. The van der Waals surface area contributed by atoms with E-state index in [-0.39, 0.29) is 13.0 Å². The van der Waals surface area contributed by atoms with Gasteiger partial charge >= 0.3 is 0 Å². The second-order valence-electron chi connectivity index (χ2n) is 8.41. The predicted molar refractivity (Wildman–Crippen MR) is 128 cm³/mol. The lowest BCUT2D eigenvalue weighted by Crippen LogP contribution is -2.28. The van der Waals surface area contributed by atoms with Crippen LogP contribution in [0, 0.1) is 5.92 Å². The fraction of sp³-hybridized carbons (Fsp3) is 0.435. The fourth-order valence-electron chi connectivity index (χ4n) is 3.60. The van der Waals surface area contributed by atoms with Gasteiger partial charge in [-0.05, 0) is 31.4 Å². The highest BCUT2D eigenvalue weighted by Crippen LogP contribution is 2.47. The van der Waals surface area contributed by atoms with E-state index in [2.05, 4.69) is 18.0 Å². The van der Waals surface area contributed by atoms with Crippen LogP contribution in [0.2, 0.25) is 0 Å². The molecule has 1 aromatic carbocycles. The third-order valence-corrected chi connectivity index (χ3v) is 6.62. The van der Waals surface area contributed by atoms with E-state index in [1.165, 1.54) is 0 Å². The Labute approximate surface area is 191 Å². The van der Waals surface area contributed by atoms with Crippen LogP contribution < -0.4 is 10.2 Å². The van der Waals surface area contributed by atoms with Crippen molar-refractivity contribution in [2.24, 2.45) is 5.92 Å². The zero-order chi connectivity index (χ0) is 22.8. The molecule has 0 aliphatic heterocycles. The first-order valence-electron chi connectivity index (χ1n) is 10.7. The summed E-state index contributed by atoms with van der Waals surface area (Å²) < 4.78 is 1.09. The number of aliphatic hydroxyl groups is 3. The zero-order valence-electron chi connectivity index (χ0n) is 18.3. The quantitative estimate of drug-likeness (QED) is 0.369. The summed E-state index contributed by atoms with van der Waals surface area (Å²) in [6.07, 6.45) is 1.43. The molecule has 1 saturated carbocycles. The molecule has 1 aliphatic carbocycles. The van der Waals surface area contributed by atoms with Crippen LogP contribution >= 0.6 is 11.3 Å². The maximum absolute atomic E-state index is 9.97. The number of hydrogen-bond donors (Lipinski definition) is 4. The lowest BCUT2D eigenvalue weighted by atomic mass is 9.98. The van der Waals surface area contributed by atoms with Gasteiger partial charge < -0.3 is 25.5 Å². The van der Waals surface area contributed by atoms with E-state index in [9.17, 15) is 15.3 Å². The van der Waals surface area contributed by atoms with Gasteiger partial charge in [0.05, 0.1) is 34.2 Å². The van der Waals surface area contributed by atoms with Crippen LogP contribution in [0.1, 0.15) is 30.9 Å². The molecule has 170 valence electrons. The van der Waals surface area contributed by atoms with Gasteiger partial charge in [-0.2, -0.15) is 4.98 Å².